The van der Waals surface area contributed by atoms with E-state index in [1.165, 1.54) is 0 Å². The summed E-state index contributed by atoms with van der Waals surface area (Å²) in [7, 11) is 1.58. The van der Waals surface area contributed by atoms with Gasteiger partial charge in [0.25, 0.3) is 0 Å². The van der Waals surface area contributed by atoms with Gasteiger partial charge in [-0.25, -0.2) is 4.79 Å². The van der Waals surface area contributed by atoms with Crippen molar-refractivity contribution in [2.75, 3.05) is 13.7 Å². The van der Waals surface area contributed by atoms with Crippen LogP contribution in [0.25, 0.3) is 21.9 Å². The molecule has 6 nitrogen and oxygen atoms in total. The van der Waals surface area contributed by atoms with Crippen molar-refractivity contribution in [1.82, 2.24) is 10.3 Å². The molecule has 4 aromatic rings. The molecule has 2 heterocycles. The van der Waals surface area contributed by atoms with Gasteiger partial charge in [0.2, 0.25) is 5.91 Å². The van der Waals surface area contributed by atoms with E-state index in [0.29, 0.717) is 35.4 Å². The predicted octanol–water partition coefficient (Wildman–Crippen LogP) is 3.80. The fourth-order valence-corrected chi connectivity index (χ4v) is 3.90. The third kappa shape index (κ3) is 3.68. The highest BCUT2D eigenvalue weighted by Gasteiger charge is 2.18. The molecule has 2 N–H and O–H groups in total. The molecule has 0 bridgehead atoms. The topological polar surface area (TPSA) is 84.3 Å². The summed E-state index contributed by atoms with van der Waals surface area (Å²) in [5.74, 6) is 0.419. The predicted molar refractivity (Wildman–Crippen MR) is 117 cm³/mol. The van der Waals surface area contributed by atoms with E-state index in [4.69, 9.17) is 9.15 Å². The average molecular weight is 404 g/mol. The van der Waals surface area contributed by atoms with Gasteiger partial charge in [0, 0.05) is 23.6 Å². The number of rotatable bonds is 6. The molecule has 0 saturated heterocycles. The van der Waals surface area contributed by atoms with Gasteiger partial charge in [-0.1, -0.05) is 18.2 Å². The summed E-state index contributed by atoms with van der Waals surface area (Å²) in [6.45, 7) is 4.22. The molecular formula is C24H24N2O4. The minimum atomic E-state index is -0.487. The number of methoxy groups -OCH3 is 1. The molecule has 154 valence electrons. The Kier molecular flexibility index (Phi) is 5.31. The van der Waals surface area contributed by atoms with Crippen LogP contribution in [0.2, 0.25) is 0 Å². The molecule has 0 aliphatic heterocycles. The number of carbonyl (C=O) groups excluding carboxylic acids is 1. The molecular weight excluding hydrogens is 380 g/mol. The van der Waals surface area contributed by atoms with Gasteiger partial charge in [-0.15, -0.1) is 0 Å². The third-order valence-corrected chi connectivity index (χ3v) is 5.44. The van der Waals surface area contributed by atoms with Crippen LogP contribution in [0.5, 0.6) is 5.75 Å². The molecule has 0 fully saturated rings. The van der Waals surface area contributed by atoms with Crippen LogP contribution in [0.3, 0.4) is 0 Å². The summed E-state index contributed by atoms with van der Waals surface area (Å²) in [6, 6.07) is 11.8. The number of carbonyl (C=O) groups is 1. The first-order valence-electron chi connectivity index (χ1n) is 9.90. The largest absolute Gasteiger partial charge is 0.496 e. The number of aromatic nitrogens is 1. The maximum absolute atomic E-state index is 12.5. The van der Waals surface area contributed by atoms with E-state index < -0.39 is 5.63 Å². The van der Waals surface area contributed by atoms with Gasteiger partial charge in [-0.3, -0.25) is 4.79 Å². The molecule has 2 aromatic heterocycles. The van der Waals surface area contributed by atoms with Crippen LogP contribution >= 0.6 is 0 Å². The van der Waals surface area contributed by atoms with Crippen LogP contribution < -0.4 is 15.7 Å². The number of benzene rings is 2. The smallest absolute Gasteiger partial charge is 0.340 e. The molecule has 0 radical (unpaired) electrons. The van der Waals surface area contributed by atoms with Crippen LogP contribution in [0.15, 0.2) is 51.8 Å². The number of nitrogens with one attached hydrogen (secondary N) is 2. The molecule has 0 aliphatic carbocycles. The van der Waals surface area contributed by atoms with Gasteiger partial charge in [-0.2, -0.15) is 0 Å². The number of H-pyrrole nitrogens is 1. The van der Waals surface area contributed by atoms with Gasteiger partial charge in [0.15, 0.2) is 0 Å². The lowest BCUT2D eigenvalue weighted by Crippen LogP contribution is -2.29. The first-order chi connectivity index (χ1) is 14.5. The minimum Gasteiger partial charge on any atom is -0.496 e. The molecule has 0 atom stereocenters. The zero-order valence-corrected chi connectivity index (χ0v) is 17.3. The number of hydrogen-bond donors (Lipinski definition) is 2. The molecule has 30 heavy (non-hydrogen) atoms. The van der Waals surface area contributed by atoms with Gasteiger partial charge < -0.3 is 19.5 Å². The first-order valence-corrected chi connectivity index (χ1v) is 9.90. The molecule has 6 heteroatoms. The van der Waals surface area contributed by atoms with Gasteiger partial charge in [0.1, 0.15) is 11.3 Å². The minimum absolute atomic E-state index is 0.0327. The Morgan fingerprint density at radius 3 is 2.80 bits per heavy atom. The highest BCUT2D eigenvalue weighted by Crippen LogP contribution is 2.30. The summed E-state index contributed by atoms with van der Waals surface area (Å²) in [4.78, 5) is 28.3. The molecule has 0 unspecified atom stereocenters. The maximum atomic E-state index is 12.5. The van der Waals surface area contributed by atoms with Crippen molar-refractivity contribution in [1.29, 1.82) is 0 Å². The summed E-state index contributed by atoms with van der Waals surface area (Å²) in [5, 5.41) is 4.79. The van der Waals surface area contributed by atoms with Crippen molar-refractivity contribution in [2.45, 2.75) is 26.7 Å². The number of para-hydroxylation sites is 1. The molecule has 0 saturated carbocycles. The lowest BCUT2D eigenvalue weighted by atomic mass is 10.0. The number of amides is 1. The van der Waals surface area contributed by atoms with E-state index in [-0.39, 0.29) is 12.3 Å². The van der Waals surface area contributed by atoms with Crippen LogP contribution in [0.4, 0.5) is 0 Å². The van der Waals surface area contributed by atoms with E-state index >= 15 is 0 Å². The standard InChI is InChI=1S/C24H24N2O4/c1-14-10-20(29-3)23-15(2)18(24(28)30-21(23)11-14)12-22(27)25-9-8-16-13-26-19-7-5-4-6-17(16)19/h4-7,10-11,13,26H,8-9,12H2,1-3H3,(H,25,27). The zero-order valence-electron chi connectivity index (χ0n) is 17.3. The second kappa shape index (κ2) is 8.06. The van der Waals surface area contributed by atoms with Gasteiger partial charge >= 0.3 is 5.63 Å². The third-order valence-electron chi connectivity index (χ3n) is 5.44. The molecule has 2 aromatic carbocycles. The van der Waals surface area contributed by atoms with Crippen molar-refractivity contribution in [2.24, 2.45) is 0 Å². The normalized spacial score (nSPS) is 11.2. The molecule has 0 spiro atoms. The SMILES string of the molecule is COc1cc(C)cc2oc(=O)c(CC(=O)NCCc3c[nH]c4ccccc34)c(C)c12. The number of ether oxygens (including phenoxy) is 1. The van der Waals surface area contributed by atoms with Gasteiger partial charge in [-0.05, 0) is 55.2 Å². The quantitative estimate of drug-likeness (QED) is 0.479. The van der Waals surface area contributed by atoms with Gasteiger partial charge in [0.05, 0.1) is 24.5 Å². The monoisotopic (exact) mass is 404 g/mol. The van der Waals surface area contributed by atoms with Crippen LogP contribution in [0, 0.1) is 13.8 Å². The number of fused-ring (bicyclic) bond motifs is 2. The van der Waals surface area contributed by atoms with E-state index in [0.717, 1.165) is 27.4 Å². The fraction of sp³-hybridized carbons (Fsp3) is 0.250. The summed E-state index contributed by atoms with van der Waals surface area (Å²) in [5.41, 5.74) is 4.21. The number of aromatic amines is 1. The Morgan fingerprint density at radius 2 is 2.00 bits per heavy atom. The number of aryl methyl sites for hydroxylation is 2. The summed E-state index contributed by atoms with van der Waals surface area (Å²) in [6.07, 6.45) is 2.64. The van der Waals surface area contributed by atoms with Crippen LogP contribution in [-0.4, -0.2) is 24.5 Å². The van der Waals surface area contributed by atoms with Crippen molar-refractivity contribution >= 4 is 27.8 Å². The highest BCUT2D eigenvalue weighted by atomic mass is 16.5. The Hall–Kier alpha value is -3.54. The second-order valence-corrected chi connectivity index (χ2v) is 7.47. The lowest BCUT2D eigenvalue weighted by Gasteiger charge is -2.12. The van der Waals surface area contributed by atoms with E-state index in [1.807, 2.05) is 44.3 Å². The molecule has 4 rings (SSSR count). The first kappa shape index (κ1) is 19.8. The lowest BCUT2D eigenvalue weighted by molar-refractivity contribution is -0.120. The Balaban J connectivity index is 1.50. The van der Waals surface area contributed by atoms with E-state index in [9.17, 15) is 9.59 Å². The Labute approximate surface area is 173 Å². The Morgan fingerprint density at radius 1 is 1.20 bits per heavy atom. The van der Waals surface area contributed by atoms with Crippen LogP contribution in [-0.2, 0) is 17.6 Å². The second-order valence-electron chi connectivity index (χ2n) is 7.47. The van der Waals surface area contributed by atoms with Crippen molar-refractivity contribution in [3.63, 3.8) is 0 Å². The van der Waals surface area contributed by atoms with E-state index in [1.54, 1.807) is 13.2 Å². The fourth-order valence-electron chi connectivity index (χ4n) is 3.90. The van der Waals surface area contributed by atoms with Crippen molar-refractivity contribution < 1.29 is 13.9 Å². The average Bonchev–Trinajstić information content (AvgIpc) is 3.13. The number of hydrogen-bond acceptors (Lipinski definition) is 4. The Bertz CT molecular complexity index is 1300. The van der Waals surface area contributed by atoms with E-state index in [2.05, 4.69) is 16.4 Å². The molecule has 0 aliphatic rings. The van der Waals surface area contributed by atoms with Crippen molar-refractivity contribution in [3.05, 3.63) is 75.3 Å². The molecule has 1 amide bonds. The highest BCUT2D eigenvalue weighted by molar-refractivity contribution is 5.89. The zero-order chi connectivity index (χ0) is 21.3. The maximum Gasteiger partial charge on any atom is 0.340 e. The van der Waals surface area contributed by atoms with Crippen molar-refractivity contribution in [3.8, 4) is 5.75 Å². The summed E-state index contributed by atoms with van der Waals surface area (Å²) >= 11 is 0. The van der Waals surface area contributed by atoms with Crippen LogP contribution in [0.1, 0.15) is 22.3 Å². The summed E-state index contributed by atoms with van der Waals surface area (Å²) < 4.78 is 11.0.